The fraction of sp³-hybridized carbons (Fsp3) is 0.304. The van der Waals surface area contributed by atoms with Crippen molar-refractivity contribution in [2.24, 2.45) is 0 Å². The van der Waals surface area contributed by atoms with Crippen molar-refractivity contribution in [3.8, 4) is 5.75 Å². The van der Waals surface area contributed by atoms with E-state index in [1.807, 2.05) is 54.6 Å². The van der Waals surface area contributed by atoms with Gasteiger partial charge in [0, 0.05) is 37.1 Å². The molecule has 2 aromatic rings. The van der Waals surface area contributed by atoms with Crippen molar-refractivity contribution >= 4 is 29.3 Å². The molecule has 0 spiro atoms. The SMILES string of the molecule is CN(CC(=O)Nc1ccc(N2CCOCC2)cc1)C(=O)C1=Cc2ccccc2OC1. The van der Waals surface area contributed by atoms with Crippen molar-refractivity contribution in [3.63, 3.8) is 0 Å². The molecule has 0 bridgehead atoms. The van der Waals surface area contributed by atoms with Crippen molar-refractivity contribution < 1.29 is 19.1 Å². The van der Waals surface area contributed by atoms with Crippen molar-refractivity contribution in [3.05, 3.63) is 59.7 Å². The number of anilines is 2. The topological polar surface area (TPSA) is 71.1 Å². The van der Waals surface area contributed by atoms with Crippen LogP contribution in [0.2, 0.25) is 0 Å². The third-order valence-corrected chi connectivity index (χ3v) is 5.16. The maximum absolute atomic E-state index is 12.7. The average Bonchev–Trinajstić information content (AvgIpc) is 2.79. The Morgan fingerprint density at radius 3 is 2.57 bits per heavy atom. The van der Waals surface area contributed by atoms with Crippen LogP contribution in [-0.2, 0) is 14.3 Å². The van der Waals surface area contributed by atoms with Gasteiger partial charge in [-0.1, -0.05) is 18.2 Å². The molecule has 4 rings (SSSR count). The molecule has 0 radical (unpaired) electrons. The van der Waals surface area contributed by atoms with Gasteiger partial charge in [-0.05, 0) is 36.4 Å². The molecule has 2 amide bonds. The molecular weight excluding hydrogens is 382 g/mol. The van der Waals surface area contributed by atoms with Gasteiger partial charge in [0.15, 0.2) is 0 Å². The van der Waals surface area contributed by atoms with Gasteiger partial charge in [0.1, 0.15) is 12.4 Å². The van der Waals surface area contributed by atoms with Crippen molar-refractivity contribution in [2.75, 3.05) is 56.7 Å². The van der Waals surface area contributed by atoms with Crippen LogP contribution in [0.3, 0.4) is 0 Å². The van der Waals surface area contributed by atoms with Crippen molar-refractivity contribution in [1.29, 1.82) is 0 Å². The number of hydrogen-bond donors (Lipinski definition) is 1. The number of nitrogens with one attached hydrogen (secondary N) is 1. The van der Waals surface area contributed by atoms with E-state index in [1.54, 1.807) is 7.05 Å². The van der Waals surface area contributed by atoms with Gasteiger partial charge in [-0.2, -0.15) is 0 Å². The monoisotopic (exact) mass is 407 g/mol. The van der Waals surface area contributed by atoms with Gasteiger partial charge in [-0.15, -0.1) is 0 Å². The summed E-state index contributed by atoms with van der Waals surface area (Å²) in [7, 11) is 1.62. The highest BCUT2D eigenvalue weighted by Gasteiger charge is 2.21. The molecule has 2 aromatic carbocycles. The average molecular weight is 407 g/mol. The summed E-state index contributed by atoms with van der Waals surface area (Å²) in [4.78, 5) is 28.8. The molecule has 0 unspecified atom stereocenters. The van der Waals surface area contributed by atoms with Crippen LogP contribution in [0.25, 0.3) is 6.08 Å². The number of hydrogen-bond acceptors (Lipinski definition) is 5. The largest absolute Gasteiger partial charge is 0.488 e. The molecular formula is C23H25N3O4. The van der Waals surface area contributed by atoms with Gasteiger partial charge in [0.05, 0.1) is 25.3 Å². The number of para-hydroxylation sites is 1. The van der Waals surface area contributed by atoms with Gasteiger partial charge in [0.25, 0.3) is 5.91 Å². The summed E-state index contributed by atoms with van der Waals surface area (Å²) in [6.45, 7) is 3.34. The van der Waals surface area contributed by atoms with Crippen LogP contribution >= 0.6 is 0 Å². The predicted octanol–water partition coefficient (Wildman–Crippen LogP) is 2.40. The van der Waals surface area contributed by atoms with Gasteiger partial charge >= 0.3 is 0 Å². The number of nitrogens with zero attached hydrogens (tertiary/aromatic N) is 2. The van der Waals surface area contributed by atoms with Crippen LogP contribution in [0, 0.1) is 0 Å². The number of amides is 2. The Hall–Kier alpha value is -3.32. The first-order chi connectivity index (χ1) is 14.6. The second-order valence-corrected chi connectivity index (χ2v) is 7.35. The summed E-state index contributed by atoms with van der Waals surface area (Å²) in [6, 6.07) is 15.3. The number of rotatable bonds is 5. The Kier molecular flexibility index (Phi) is 5.99. The highest BCUT2D eigenvalue weighted by molar-refractivity contribution is 6.02. The van der Waals surface area contributed by atoms with Gasteiger partial charge in [-0.3, -0.25) is 9.59 Å². The molecule has 156 valence electrons. The Labute approximate surface area is 175 Å². The minimum atomic E-state index is -0.247. The minimum Gasteiger partial charge on any atom is -0.488 e. The molecule has 7 nitrogen and oxygen atoms in total. The molecule has 1 N–H and O–H groups in total. The van der Waals surface area contributed by atoms with Gasteiger partial charge < -0.3 is 24.6 Å². The summed E-state index contributed by atoms with van der Waals surface area (Å²) >= 11 is 0. The number of carbonyl (C=O) groups is 2. The zero-order valence-electron chi connectivity index (χ0n) is 17.0. The van der Waals surface area contributed by atoms with Crippen molar-refractivity contribution in [2.45, 2.75) is 0 Å². The molecule has 0 aliphatic carbocycles. The maximum atomic E-state index is 12.7. The molecule has 2 heterocycles. The summed E-state index contributed by atoms with van der Waals surface area (Å²) in [6.07, 6.45) is 1.82. The first kappa shape index (κ1) is 20.0. The van der Waals surface area contributed by atoms with Crippen LogP contribution in [0.4, 0.5) is 11.4 Å². The van der Waals surface area contributed by atoms with E-state index in [-0.39, 0.29) is 25.0 Å². The number of fused-ring (bicyclic) bond motifs is 1. The Bertz CT molecular complexity index is 949. The Morgan fingerprint density at radius 2 is 1.80 bits per heavy atom. The van der Waals surface area contributed by atoms with Gasteiger partial charge in [0.2, 0.25) is 5.91 Å². The molecule has 1 fully saturated rings. The maximum Gasteiger partial charge on any atom is 0.253 e. The lowest BCUT2D eigenvalue weighted by Crippen LogP contribution is -2.37. The standard InChI is InChI=1S/C23H25N3O4/c1-25(23(28)18-14-17-4-2-3-5-21(17)30-16-18)15-22(27)24-19-6-8-20(9-7-19)26-10-12-29-13-11-26/h2-9,14H,10-13,15-16H2,1H3,(H,24,27). The molecule has 0 atom stereocenters. The zero-order chi connectivity index (χ0) is 20.9. The highest BCUT2D eigenvalue weighted by atomic mass is 16.5. The second kappa shape index (κ2) is 9.00. The Balaban J connectivity index is 1.32. The molecule has 1 saturated heterocycles. The lowest BCUT2D eigenvalue weighted by Gasteiger charge is -2.29. The zero-order valence-corrected chi connectivity index (χ0v) is 17.0. The number of ether oxygens (including phenoxy) is 2. The van der Waals surface area contributed by atoms with Crippen LogP contribution in [-0.4, -0.2) is 63.2 Å². The molecule has 7 heteroatoms. The van der Waals surface area contributed by atoms with E-state index in [4.69, 9.17) is 9.47 Å². The second-order valence-electron chi connectivity index (χ2n) is 7.35. The summed E-state index contributed by atoms with van der Waals surface area (Å²) in [5, 5.41) is 2.85. The summed E-state index contributed by atoms with van der Waals surface area (Å²) < 4.78 is 11.0. The molecule has 30 heavy (non-hydrogen) atoms. The molecule has 0 aromatic heterocycles. The fourth-order valence-corrected chi connectivity index (χ4v) is 3.55. The molecule has 2 aliphatic rings. The van der Waals surface area contributed by atoms with E-state index < -0.39 is 0 Å². The fourth-order valence-electron chi connectivity index (χ4n) is 3.55. The van der Waals surface area contributed by atoms with E-state index in [9.17, 15) is 9.59 Å². The van der Waals surface area contributed by atoms with E-state index >= 15 is 0 Å². The van der Waals surface area contributed by atoms with E-state index in [0.717, 1.165) is 43.3 Å². The molecule has 2 aliphatic heterocycles. The number of carbonyl (C=O) groups excluding carboxylic acids is 2. The normalized spacial score (nSPS) is 15.5. The molecule has 0 saturated carbocycles. The van der Waals surface area contributed by atoms with E-state index in [2.05, 4.69) is 10.2 Å². The quantitative estimate of drug-likeness (QED) is 0.824. The number of morpholine rings is 1. The predicted molar refractivity (Wildman–Crippen MR) is 116 cm³/mol. The van der Waals surface area contributed by atoms with Crippen molar-refractivity contribution in [1.82, 2.24) is 4.90 Å². The minimum absolute atomic E-state index is 0.0387. The van der Waals surface area contributed by atoms with Crippen LogP contribution in [0.5, 0.6) is 5.75 Å². The summed E-state index contributed by atoms with van der Waals surface area (Å²) in [5.41, 5.74) is 3.20. The van der Waals surface area contributed by atoms with E-state index in [1.165, 1.54) is 4.90 Å². The Morgan fingerprint density at radius 1 is 1.07 bits per heavy atom. The third kappa shape index (κ3) is 4.63. The smallest absolute Gasteiger partial charge is 0.253 e. The first-order valence-corrected chi connectivity index (χ1v) is 10.0. The highest BCUT2D eigenvalue weighted by Crippen LogP contribution is 2.26. The van der Waals surface area contributed by atoms with Gasteiger partial charge in [-0.25, -0.2) is 0 Å². The lowest BCUT2D eigenvalue weighted by molar-refractivity contribution is -0.130. The number of benzene rings is 2. The third-order valence-electron chi connectivity index (χ3n) is 5.16. The summed E-state index contributed by atoms with van der Waals surface area (Å²) in [5.74, 6) is 0.292. The van der Waals surface area contributed by atoms with Crippen LogP contribution < -0.4 is 15.0 Å². The van der Waals surface area contributed by atoms with E-state index in [0.29, 0.717) is 11.3 Å². The number of likely N-dealkylation sites (N-methyl/N-ethyl adjacent to an activating group) is 1. The van der Waals surface area contributed by atoms with Crippen LogP contribution in [0.1, 0.15) is 5.56 Å². The van der Waals surface area contributed by atoms with Crippen LogP contribution in [0.15, 0.2) is 54.1 Å². The first-order valence-electron chi connectivity index (χ1n) is 10.0. The lowest BCUT2D eigenvalue weighted by atomic mass is 10.1.